The first-order valence-corrected chi connectivity index (χ1v) is 25.0. The first kappa shape index (κ1) is 48.7. The van der Waals surface area contributed by atoms with Gasteiger partial charge in [0.25, 0.3) is 0 Å². The Morgan fingerprint density at radius 3 is 1.49 bits per heavy atom. The van der Waals surface area contributed by atoms with Crippen LogP contribution in [0.25, 0.3) is 50.7 Å². The van der Waals surface area contributed by atoms with Crippen molar-refractivity contribution in [1.29, 1.82) is 0 Å². The second-order valence-electron chi connectivity index (χ2n) is 18.8. The fourth-order valence-electron chi connectivity index (χ4n) is 9.85. The van der Waals surface area contributed by atoms with Gasteiger partial charge in [-0.1, -0.05) is 76.2 Å². The molecule has 0 aliphatic carbocycles. The van der Waals surface area contributed by atoms with Crippen molar-refractivity contribution in [2.45, 2.75) is 87.7 Å². The summed E-state index contributed by atoms with van der Waals surface area (Å²) in [6.45, 7) is 8.46. The van der Waals surface area contributed by atoms with Gasteiger partial charge in [-0.2, -0.15) is 8.78 Å². The molecule has 0 unspecified atom stereocenters. The molecule has 0 bridgehead atoms. The quantitative estimate of drug-likeness (QED) is 0.0866. The topological polar surface area (TPSA) is 214 Å². The lowest BCUT2D eigenvalue weighted by Crippen LogP contribution is -2.51. The molecular formula is C51H55F2N9O8S. The van der Waals surface area contributed by atoms with Crippen LogP contribution in [0.3, 0.4) is 0 Å². The number of aromatic amines is 2. The number of benzene rings is 3. The number of rotatable bonds is 13. The zero-order chi connectivity index (χ0) is 50.5. The summed E-state index contributed by atoms with van der Waals surface area (Å²) < 4.78 is 66.4. The van der Waals surface area contributed by atoms with E-state index in [1.807, 2.05) is 92.9 Å². The normalized spacial score (nSPS) is 18.7. The molecule has 3 aromatic carbocycles. The number of fused-ring (bicyclic) bond motifs is 1. The third-order valence-electron chi connectivity index (χ3n) is 13.7. The molecule has 0 radical (unpaired) electrons. The van der Waals surface area contributed by atoms with Crippen molar-refractivity contribution in [2.75, 3.05) is 27.3 Å². The zero-order valence-electron chi connectivity index (χ0n) is 40.0. The standard InChI is InChI=1S/C51H55F2N9O8S/c1-28(2)43(58-49(65)69-5)47(63)60-23-7-9-40(60)45-54-26-36(56-45)30-11-15-32(16-12-30)38-20-21-39(62(38)34-19-22-42-35(25-34)51(52,53)71(42,67)68)33-17-13-31(14-18-33)37-27-55-46(57-37)41-10-8-24-61(41)48(64)44(29(3)4)59-50(66)70-6/h11-22,25-29,40-41,43-44H,7-10,23-24H2,1-6H3,(H,54,56)(H,55,57)(H,58,65)(H,59,66)/t40-,41-,43-,44-/m0/s1. The number of carbonyl (C=O) groups excluding carboxylic acids is 4. The molecule has 6 aromatic rings. The van der Waals surface area contributed by atoms with Crippen LogP contribution in [0.15, 0.2) is 96.2 Å². The first-order valence-electron chi connectivity index (χ1n) is 23.5. The number of ether oxygens (including phenoxy) is 2. The molecule has 3 aliphatic heterocycles. The Morgan fingerprint density at radius 2 is 1.08 bits per heavy atom. The fraction of sp³-hybridized carbons (Fsp3) is 0.373. The Balaban J connectivity index is 0.989. The first-order chi connectivity index (χ1) is 33.9. The number of halogens is 2. The molecule has 4 N–H and O–H groups in total. The van der Waals surface area contributed by atoms with E-state index < -0.39 is 49.8 Å². The van der Waals surface area contributed by atoms with E-state index in [2.05, 4.69) is 30.6 Å². The number of nitrogens with one attached hydrogen (secondary N) is 4. The minimum atomic E-state index is -4.78. The highest BCUT2D eigenvalue weighted by molar-refractivity contribution is 7.93. The molecule has 3 aromatic heterocycles. The predicted octanol–water partition coefficient (Wildman–Crippen LogP) is 8.52. The Morgan fingerprint density at radius 1 is 0.662 bits per heavy atom. The number of H-pyrrole nitrogens is 2. The highest BCUT2D eigenvalue weighted by atomic mass is 32.2. The van der Waals surface area contributed by atoms with Crippen molar-refractivity contribution in [2.24, 2.45) is 11.8 Å². The van der Waals surface area contributed by atoms with Gasteiger partial charge in [-0.25, -0.2) is 28.0 Å². The zero-order valence-corrected chi connectivity index (χ0v) is 40.8. The number of amides is 4. The van der Waals surface area contributed by atoms with E-state index in [0.717, 1.165) is 35.1 Å². The molecule has 9 rings (SSSR count). The van der Waals surface area contributed by atoms with E-state index in [9.17, 15) is 27.6 Å². The molecule has 20 heteroatoms. The molecule has 372 valence electrons. The summed E-state index contributed by atoms with van der Waals surface area (Å²) >= 11 is 0. The second-order valence-corrected chi connectivity index (χ2v) is 20.7. The maximum Gasteiger partial charge on any atom is 0.407 e. The number of aromatic nitrogens is 5. The third kappa shape index (κ3) is 8.82. The van der Waals surface area contributed by atoms with Gasteiger partial charge in [-0.3, -0.25) is 9.59 Å². The summed E-state index contributed by atoms with van der Waals surface area (Å²) in [5.74, 6) is 0.451. The minimum Gasteiger partial charge on any atom is -0.453 e. The smallest absolute Gasteiger partial charge is 0.407 e. The molecule has 6 heterocycles. The molecule has 2 fully saturated rings. The van der Waals surface area contributed by atoms with Gasteiger partial charge in [0, 0.05) is 18.8 Å². The fourth-order valence-corrected chi connectivity index (χ4v) is 11.2. The molecule has 4 atom stereocenters. The number of methoxy groups -OCH3 is 2. The van der Waals surface area contributed by atoms with Gasteiger partial charge in [0.05, 0.1) is 71.9 Å². The minimum absolute atomic E-state index is 0.178. The van der Waals surface area contributed by atoms with Crippen LogP contribution in [0, 0.1) is 11.8 Å². The Hall–Kier alpha value is -7.35. The van der Waals surface area contributed by atoms with Crippen LogP contribution in [-0.4, -0.2) is 106 Å². The lowest BCUT2D eigenvalue weighted by molar-refractivity contribution is -0.136. The monoisotopic (exact) mass is 991 g/mol. The number of alkyl carbamates (subject to hydrolysis) is 2. The molecule has 0 spiro atoms. The van der Waals surface area contributed by atoms with Crippen molar-refractivity contribution in [3.63, 3.8) is 0 Å². The van der Waals surface area contributed by atoms with Crippen molar-refractivity contribution in [1.82, 2.24) is 44.9 Å². The summed E-state index contributed by atoms with van der Waals surface area (Å²) in [4.78, 5) is 70.8. The largest absolute Gasteiger partial charge is 0.453 e. The molecule has 17 nitrogen and oxygen atoms in total. The van der Waals surface area contributed by atoms with Crippen molar-refractivity contribution in [3.8, 4) is 50.7 Å². The van der Waals surface area contributed by atoms with Gasteiger partial charge in [0.2, 0.25) is 21.7 Å². The van der Waals surface area contributed by atoms with Crippen molar-refractivity contribution in [3.05, 3.63) is 108 Å². The highest BCUT2D eigenvalue weighted by Gasteiger charge is 2.60. The SMILES string of the molecule is COC(=O)N[C@H](C(=O)N1CCC[C@H]1c1ncc(-c2ccc(-c3ccc(-c4ccc(-c5cnc([C@@H]6CCCN6C(=O)[C@@H](NC(=O)OC)C(C)C)[nH]5)cc4)n3-c3ccc4c(c3)C(F)(F)S4(=O)=O)cc2)[nH]1)C(C)C. The number of sulfone groups is 1. The molecule has 0 saturated carbocycles. The van der Waals surface area contributed by atoms with Gasteiger partial charge >= 0.3 is 17.4 Å². The summed E-state index contributed by atoms with van der Waals surface area (Å²) in [5.41, 5.74) is 5.61. The number of hydrogen-bond donors (Lipinski definition) is 4. The Labute approximate surface area is 409 Å². The maximum absolute atomic E-state index is 15.1. The summed E-state index contributed by atoms with van der Waals surface area (Å²) in [6.07, 6.45) is 4.98. The number of imidazole rings is 2. The average Bonchev–Trinajstić information content (AvgIpc) is 4.24. The van der Waals surface area contributed by atoms with Crippen molar-refractivity contribution >= 4 is 33.8 Å². The molecule has 3 aliphatic rings. The summed E-state index contributed by atoms with van der Waals surface area (Å²) in [6, 6.07) is 20.8. The van der Waals surface area contributed by atoms with Gasteiger partial charge < -0.3 is 44.4 Å². The van der Waals surface area contributed by atoms with E-state index in [0.29, 0.717) is 66.0 Å². The average molecular weight is 992 g/mol. The number of nitrogens with zero attached hydrogens (tertiary/aromatic N) is 5. The molecule has 4 amide bonds. The molecule has 2 saturated heterocycles. The van der Waals surface area contributed by atoms with Crippen molar-refractivity contribution < 1.29 is 45.9 Å². The van der Waals surface area contributed by atoms with Gasteiger partial charge in [-0.05, 0) is 90.1 Å². The molecule has 71 heavy (non-hydrogen) atoms. The van der Waals surface area contributed by atoms with Crippen LogP contribution in [-0.2, 0) is 34.2 Å². The van der Waals surface area contributed by atoms with Crippen LogP contribution in [0.4, 0.5) is 18.4 Å². The number of likely N-dealkylation sites (tertiary alicyclic amines) is 2. The van der Waals surface area contributed by atoms with Crippen LogP contribution >= 0.6 is 0 Å². The lowest BCUT2D eigenvalue weighted by atomic mass is 10.0. The van der Waals surface area contributed by atoms with E-state index in [4.69, 9.17) is 9.47 Å². The van der Waals surface area contributed by atoms with E-state index >= 15 is 8.78 Å². The van der Waals surface area contributed by atoms with Gasteiger partial charge in [-0.15, -0.1) is 0 Å². The maximum atomic E-state index is 15.1. The number of hydrogen-bond acceptors (Lipinski definition) is 10. The summed E-state index contributed by atoms with van der Waals surface area (Å²) in [5, 5.41) is 1.31. The van der Waals surface area contributed by atoms with E-state index in [-0.39, 0.29) is 35.7 Å². The lowest BCUT2D eigenvalue weighted by Gasteiger charge is -2.30. The second kappa shape index (κ2) is 19.1. The third-order valence-corrected chi connectivity index (χ3v) is 15.5. The van der Waals surface area contributed by atoms with Gasteiger partial charge in [0.1, 0.15) is 23.7 Å². The Bertz CT molecular complexity index is 2950. The summed E-state index contributed by atoms with van der Waals surface area (Å²) in [7, 11) is -2.27. The van der Waals surface area contributed by atoms with Crippen LogP contribution in [0.2, 0.25) is 0 Å². The highest BCUT2D eigenvalue weighted by Crippen LogP contribution is 2.52. The van der Waals surface area contributed by atoms with Gasteiger partial charge in [0.15, 0.2) is 0 Å². The van der Waals surface area contributed by atoms with Crippen LogP contribution in [0.5, 0.6) is 0 Å². The van der Waals surface area contributed by atoms with E-state index in [1.165, 1.54) is 32.4 Å². The van der Waals surface area contributed by atoms with Crippen LogP contribution < -0.4 is 10.6 Å². The number of alkyl halides is 2. The predicted molar refractivity (Wildman–Crippen MR) is 259 cm³/mol. The number of carbonyl (C=O) groups is 4. The van der Waals surface area contributed by atoms with Crippen LogP contribution in [0.1, 0.15) is 82.7 Å². The Kier molecular flexibility index (Phi) is 13.1. The molecular weight excluding hydrogens is 937 g/mol. The van der Waals surface area contributed by atoms with E-state index in [1.54, 1.807) is 22.2 Å².